The first-order valence-corrected chi connectivity index (χ1v) is 9.82. The van der Waals surface area contributed by atoms with Gasteiger partial charge in [0.1, 0.15) is 5.58 Å². The minimum absolute atomic E-state index is 0. The molecule has 0 saturated heterocycles. The second-order valence-corrected chi connectivity index (χ2v) is 7.54. The fourth-order valence-electron chi connectivity index (χ4n) is 3.77. The van der Waals surface area contributed by atoms with Crippen LogP contribution < -0.4 is 10.6 Å². The van der Waals surface area contributed by atoms with Crippen LogP contribution in [-0.4, -0.2) is 44.0 Å². The lowest BCUT2D eigenvalue weighted by molar-refractivity contribution is 0.0925. The molecule has 7 heteroatoms. The lowest BCUT2D eigenvalue weighted by atomic mass is 10.1. The molecule has 2 aromatic rings. The Morgan fingerprint density at radius 2 is 1.75 bits per heavy atom. The molecular formula is C21H33Cl2N3O2. The van der Waals surface area contributed by atoms with Gasteiger partial charge in [-0.2, -0.15) is 0 Å². The number of rotatable bonds is 7. The molecule has 1 aromatic carbocycles. The first kappa shape index (κ1) is 24.8. The number of nitrogens with one attached hydrogen (secondary N) is 2. The van der Waals surface area contributed by atoms with Gasteiger partial charge in [-0.3, -0.25) is 4.79 Å². The van der Waals surface area contributed by atoms with Crippen LogP contribution in [-0.2, 0) is 6.54 Å². The number of benzene rings is 1. The number of nitrogens with zero attached hydrogens (tertiary/aromatic N) is 1. The summed E-state index contributed by atoms with van der Waals surface area (Å²) in [5, 5.41) is 7.62. The summed E-state index contributed by atoms with van der Waals surface area (Å²) in [4.78, 5) is 14.7. The van der Waals surface area contributed by atoms with Gasteiger partial charge < -0.3 is 20.0 Å². The van der Waals surface area contributed by atoms with E-state index in [0.29, 0.717) is 24.9 Å². The monoisotopic (exact) mass is 429 g/mol. The molecule has 0 atom stereocenters. The lowest BCUT2D eigenvalue weighted by Crippen LogP contribution is -2.37. The van der Waals surface area contributed by atoms with Crippen LogP contribution in [0, 0.1) is 0 Å². The molecular weight excluding hydrogens is 397 g/mol. The third-order valence-electron chi connectivity index (χ3n) is 5.08. The van der Waals surface area contributed by atoms with Crippen molar-refractivity contribution in [2.24, 2.45) is 0 Å². The van der Waals surface area contributed by atoms with Crippen molar-refractivity contribution in [1.29, 1.82) is 0 Å². The van der Waals surface area contributed by atoms with Gasteiger partial charge in [0.2, 0.25) is 0 Å². The van der Waals surface area contributed by atoms with Crippen LogP contribution in [0.4, 0.5) is 0 Å². The maximum Gasteiger partial charge on any atom is 0.287 e. The average molecular weight is 430 g/mol. The van der Waals surface area contributed by atoms with Gasteiger partial charge in [-0.25, -0.2) is 0 Å². The molecule has 1 saturated carbocycles. The Labute approximate surface area is 180 Å². The largest absolute Gasteiger partial charge is 0.451 e. The highest BCUT2D eigenvalue weighted by molar-refractivity contribution is 5.99. The fraction of sp³-hybridized carbons (Fsp3) is 0.571. The molecule has 0 radical (unpaired) electrons. The van der Waals surface area contributed by atoms with Crippen LogP contribution in [0.25, 0.3) is 11.0 Å². The molecule has 1 aromatic heterocycles. The fourth-order valence-corrected chi connectivity index (χ4v) is 3.77. The predicted molar refractivity (Wildman–Crippen MR) is 120 cm³/mol. The predicted octanol–water partition coefficient (Wildman–Crippen LogP) is 4.38. The van der Waals surface area contributed by atoms with Gasteiger partial charge in [0.25, 0.3) is 5.91 Å². The Bertz CT molecular complexity index is 726. The molecule has 1 heterocycles. The maximum absolute atomic E-state index is 12.7. The third kappa shape index (κ3) is 6.66. The molecule has 0 aliphatic heterocycles. The van der Waals surface area contributed by atoms with Gasteiger partial charge >= 0.3 is 0 Å². The molecule has 158 valence electrons. The van der Waals surface area contributed by atoms with Crippen molar-refractivity contribution in [1.82, 2.24) is 15.5 Å². The molecule has 1 amide bonds. The van der Waals surface area contributed by atoms with Crippen LogP contribution in [0.2, 0.25) is 0 Å². The zero-order chi connectivity index (χ0) is 18.4. The van der Waals surface area contributed by atoms with E-state index in [4.69, 9.17) is 4.42 Å². The van der Waals surface area contributed by atoms with Crippen LogP contribution in [0.5, 0.6) is 0 Å². The zero-order valence-electron chi connectivity index (χ0n) is 16.8. The Morgan fingerprint density at radius 1 is 1.07 bits per heavy atom. The third-order valence-corrected chi connectivity index (χ3v) is 5.08. The Hall–Kier alpha value is -1.27. The maximum atomic E-state index is 12.7. The minimum atomic E-state index is -0.124. The minimum Gasteiger partial charge on any atom is -0.451 e. The number of carbonyl (C=O) groups is 1. The van der Waals surface area contributed by atoms with E-state index in [9.17, 15) is 4.79 Å². The van der Waals surface area contributed by atoms with Crippen molar-refractivity contribution < 1.29 is 9.21 Å². The van der Waals surface area contributed by atoms with Gasteiger partial charge in [0, 0.05) is 36.6 Å². The number of halogens is 2. The SMILES string of the molecule is CN(C)Cc1c(C(=O)NCCNC2CCCCCC2)oc2ccccc12.Cl.Cl. The summed E-state index contributed by atoms with van der Waals surface area (Å²) < 4.78 is 5.87. The van der Waals surface area contributed by atoms with Crippen molar-refractivity contribution in [2.45, 2.75) is 51.1 Å². The van der Waals surface area contributed by atoms with E-state index < -0.39 is 0 Å². The normalized spacial score (nSPS) is 15.0. The number of fused-ring (bicyclic) bond motifs is 1. The van der Waals surface area contributed by atoms with Crippen LogP contribution >= 0.6 is 24.8 Å². The molecule has 0 spiro atoms. The van der Waals surface area contributed by atoms with Crippen molar-refractivity contribution in [3.05, 3.63) is 35.6 Å². The molecule has 1 aliphatic carbocycles. The summed E-state index contributed by atoms with van der Waals surface area (Å²) in [5.74, 6) is 0.315. The topological polar surface area (TPSA) is 57.5 Å². The van der Waals surface area contributed by atoms with Gasteiger partial charge in [-0.15, -0.1) is 24.8 Å². The highest BCUT2D eigenvalue weighted by atomic mass is 35.5. The summed E-state index contributed by atoms with van der Waals surface area (Å²) in [7, 11) is 4.00. The van der Waals surface area contributed by atoms with Crippen molar-refractivity contribution >= 4 is 41.7 Å². The molecule has 0 unspecified atom stereocenters. The van der Waals surface area contributed by atoms with E-state index in [1.807, 2.05) is 38.4 Å². The molecule has 1 fully saturated rings. The Morgan fingerprint density at radius 3 is 2.43 bits per heavy atom. The summed E-state index contributed by atoms with van der Waals surface area (Å²) in [6.45, 7) is 2.10. The summed E-state index contributed by atoms with van der Waals surface area (Å²) >= 11 is 0. The number of amides is 1. The molecule has 0 bridgehead atoms. The second-order valence-electron chi connectivity index (χ2n) is 7.54. The molecule has 28 heavy (non-hydrogen) atoms. The average Bonchev–Trinajstić information content (AvgIpc) is 2.80. The smallest absolute Gasteiger partial charge is 0.287 e. The first-order chi connectivity index (χ1) is 12.6. The highest BCUT2D eigenvalue weighted by Crippen LogP contribution is 2.26. The van der Waals surface area contributed by atoms with Crippen molar-refractivity contribution in [3.8, 4) is 0 Å². The van der Waals surface area contributed by atoms with Gasteiger partial charge in [-0.1, -0.05) is 43.9 Å². The molecule has 5 nitrogen and oxygen atoms in total. The van der Waals surface area contributed by atoms with E-state index in [1.54, 1.807) is 0 Å². The number of hydrogen-bond acceptors (Lipinski definition) is 4. The Balaban J connectivity index is 0.00000196. The van der Waals surface area contributed by atoms with Gasteiger partial charge in [-0.05, 0) is 33.0 Å². The summed E-state index contributed by atoms with van der Waals surface area (Å²) in [5.41, 5.74) is 1.73. The standard InChI is InChI=1S/C21H31N3O2.2ClH/c1-24(2)15-18-17-11-7-8-12-19(17)26-20(18)21(25)23-14-13-22-16-9-5-3-4-6-10-16;;/h7-8,11-12,16,22H,3-6,9-10,13-15H2,1-2H3,(H,23,25);2*1H. The van der Waals surface area contributed by atoms with Gasteiger partial charge in [0.15, 0.2) is 5.76 Å². The van der Waals surface area contributed by atoms with Crippen LogP contribution in [0.15, 0.2) is 28.7 Å². The number of para-hydroxylation sites is 1. The zero-order valence-corrected chi connectivity index (χ0v) is 18.5. The number of hydrogen-bond donors (Lipinski definition) is 2. The van der Waals surface area contributed by atoms with Gasteiger partial charge in [0.05, 0.1) is 0 Å². The number of carbonyl (C=O) groups excluding carboxylic acids is 1. The van der Waals surface area contributed by atoms with Crippen LogP contribution in [0.1, 0.15) is 54.6 Å². The van der Waals surface area contributed by atoms with Crippen molar-refractivity contribution in [3.63, 3.8) is 0 Å². The number of furan rings is 1. The van der Waals surface area contributed by atoms with E-state index in [-0.39, 0.29) is 30.7 Å². The van der Waals surface area contributed by atoms with E-state index >= 15 is 0 Å². The highest BCUT2D eigenvalue weighted by Gasteiger charge is 2.20. The quantitative estimate of drug-likeness (QED) is 0.506. The first-order valence-electron chi connectivity index (χ1n) is 9.82. The molecule has 3 rings (SSSR count). The summed E-state index contributed by atoms with van der Waals surface area (Å²) in [6, 6.07) is 8.45. The Kier molecular flexibility index (Phi) is 10.9. The van der Waals surface area contributed by atoms with E-state index in [1.165, 1.54) is 38.5 Å². The molecule has 2 N–H and O–H groups in total. The molecule has 1 aliphatic rings. The van der Waals surface area contributed by atoms with Crippen molar-refractivity contribution in [2.75, 3.05) is 27.2 Å². The summed E-state index contributed by atoms with van der Waals surface area (Å²) in [6.07, 6.45) is 7.86. The van der Waals surface area contributed by atoms with Crippen LogP contribution in [0.3, 0.4) is 0 Å². The lowest BCUT2D eigenvalue weighted by Gasteiger charge is -2.16. The van der Waals surface area contributed by atoms with E-state index in [0.717, 1.165) is 23.1 Å². The van der Waals surface area contributed by atoms with E-state index in [2.05, 4.69) is 15.5 Å². The second kappa shape index (κ2) is 12.3.